The molecule has 0 bridgehead atoms. The summed E-state index contributed by atoms with van der Waals surface area (Å²) in [5.74, 6) is 0.866. The molecule has 0 amide bonds. The lowest BCUT2D eigenvalue weighted by Crippen LogP contribution is -2.01. The largest absolute Gasteiger partial charge is 0.366 e. The second kappa shape index (κ2) is 5.81. The minimum atomic E-state index is 0.726. The van der Waals surface area contributed by atoms with Crippen molar-refractivity contribution in [2.24, 2.45) is 0 Å². The van der Waals surface area contributed by atoms with Gasteiger partial charge in [0.15, 0.2) is 0 Å². The summed E-state index contributed by atoms with van der Waals surface area (Å²) in [5, 5.41) is 5.20. The SMILES string of the molecule is Clc1ccc(CNc2ccc3ccc(Br)cc3n2)cc1. The summed E-state index contributed by atoms with van der Waals surface area (Å²) in [6.07, 6.45) is 0. The quantitative estimate of drug-likeness (QED) is 0.699. The van der Waals surface area contributed by atoms with Crippen LogP contribution in [0.2, 0.25) is 5.02 Å². The lowest BCUT2D eigenvalue weighted by Gasteiger charge is -2.07. The van der Waals surface area contributed by atoms with Crippen LogP contribution in [0.4, 0.5) is 5.82 Å². The van der Waals surface area contributed by atoms with Crippen LogP contribution in [0.3, 0.4) is 0 Å². The van der Waals surface area contributed by atoms with Gasteiger partial charge in [-0.15, -0.1) is 0 Å². The summed E-state index contributed by atoms with van der Waals surface area (Å²) < 4.78 is 1.03. The molecule has 2 aromatic carbocycles. The fraction of sp³-hybridized carbons (Fsp3) is 0.0625. The van der Waals surface area contributed by atoms with Crippen LogP contribution < -0.4 is 5.32 Å². The van der Waals surface area contributed by atoms with E-state index in [4.69, 9.17) is 11.6 Å². The molecule has 0 saturated heterocycles. The third-order valence-electron chi connectivity index (χ3n) is 3.04. The van der Waals surface area contributed by atoms with E-state index >= 15 is 0 Å². The first-order valence-electron chi connectivity index (χ1n) is 6.25. The maximum Gasteiger partial charge on any atom is 0.126 e. The van der Waals surface area contributed by atoms with Gasteiger partial charge in [0.2, 0.25) is 0 Å². The smallest absolute Gasteiger partial charge is 0.126 e. The third kappa shape index (κ3) is 3.11. The number of rotatable bonds is 3. The van der Waals surface area contributed by atoms with E-state index in [1.165, 1.54) is 5.56 Å². The average molecular weight is 348 g/mol. The molecule has 0 spiro atoms. The van der Waals surface area contributed by atoms with Gasteiger partial charge in [-0.2, -0.15) is 0 Å². The van der Waals surface area contributed by atoms with Crippen LogP contribution in [0.25, 0.3) is 10.9 Å². The molecule has 1 heterocycles. The molecule has 0 fully saturated rings. The molecule has 1 N–H and O–H groups in total. The van der Waals surface area contributed by atoms with Gasteiger partial charge in [0, 0.05) is 21.4 Å². The van der Waals surface area contributed by atoms with E-state index in [1.807, 2.05) is 42.5 Å². The number of fused-ring (bicyclic) bond motifs is 1. The molecule has 1 aromatic heterocycles. The molecule has 3 aromatic rings. The molecule has 4 heteroatoms. The number of anilines is 1. The lowest BCUT2D eigenvalue weighted by molar-refractivity contribution is 1.12. The zero-order chi connectivity index (χ0) is 13.9. The van der Waals surface area contributed by atoms with Crippen LogP contribution in [-0.2, 0) is 6.54 Å². The molecular formula is C16H12BrClN2. The Hall–Kier alpha value is -1.58. The standard InChI is InChI=1S/C16H12BrClN2/c17-13-5-3-12-4-8-16(20-15(12)9-13)19-10-11-1-6-14(18)7-2-11/h1-9H,10H2,(H,19,20). The Labute approximate surface area is 130 Å². The topological polar surface area (TPSA) is 24.9 Å². The molecule has 0 aliphatic rings. The van der Waals surface area contributed by atoms with Crippen molar-refractivity contribution >= 4 is 44.3 Å². The second-order valence-corrected chi connectivity index (χ2v) is 5.87. The van der Waals surface area contributed by atoms with E-state index in [2.05, 4.69) is 38.4 Å². The molecular weight excluding hydrogens is 336 g/mol. The zero-order valence-electron chi connectivity index (χ0n) is 10.6. The minimum absolute atomic E-state index is 0.726. The highest BCUT2D eigenvalue weighted by Gasteiger charge is 2.00. The maximum atomic E-state index is 5.87. The van der Waals surface area contributed by atoms with E-state index in [0.29, 0.717) is 0 Å². The Balaban J connectivity index is 1.78. The normalized spacial score (nSPS) is 10.7. The molecule has 0 atom stereocenters. The molecule has 0 aliphatic heterocycles. The van der Waals surface area contributed by atoms with Crippen LogP contribution >= 0.6 is 27.5 Å². The highest BCUT2D eigenvalue weighted by molar-refractivity contribution is 9.10. The van der Waals surface area contributed by atoms with E-state index < -0.39 is 0 Å². The monoisotopic (exact) mass is 346 g/mol. The zero-order valence-corrected chi connectivity index (χ0v) is 12.9. The van der Waals surface area contributed by atoms with E-state index in [9.17, 15) is 0 Å². The predicted molar refractivity (Wildman–Crippen MR) is 88.2 cm³/mol. The van der Waals surface area contributed by atoms with Gasteiger partial charge in [-0.05, 0) is 42.0 Å². The van der Waals surface area contributed by atoms with E-state index in [1.54, 1.807) is 0 Å². The Morgan fingerprint density at radius 2 is 1.75 bits per heavy atom. The summed E-state index contributed by atoms with van der Waals surface area (Å²) in [4.78, 5) is 4.60. The first kappa shape index (κ1) is 13.4. The van der Waals surface area contributed by atoms with Crippen molar-refractivity contribution in [2.45, 2.75) is 6.54 Å². The van der Waals surface area contributed by atoms with Crippen molar-refractivity contribution in [3.8, 4) is 0 Å². The molecule has 20 heavy (non-hydrogen) atoms. The number of nitrogens with zero attached hydrogens (tertiary/aromatic N) is 1. The molecule has 2 nitrogen and oxygen atoms in total. The van der Waals surface area contributed by atoms with Crippen molar-refractivity contribution < 1.29 is 0 Å². The number of hydrogen-bond donors (Lipinski definition) is 1. The Morgan fingerprint density at radius 3 is 2.55 bits per heavy atom. The van der Waals surface area contributed by atoms with Crippen LogP contribution in [0.5, 0.6) is 0 Å². The van der Waals surface area contributed by atoms with E-state index in [0.717, 1.165) is 32.8 Å². The molecule has 100 valence electrons. The summed E-state index contributed by atoms with van der Waals surface area (Å²) >= 11 is 9.34. The maximum absolute atomic E-state index is 5.87. The Morgan fingerprint density at radius 1 is 1.00 bits per heavy atom. The molecule has 0 radical (unpaired) electrons. The molecule has 3 rings (SSSR count). The predicted octanol–water partition coefficient (Wildman–Crippen LogP) is 5.26. The highest BCUT2D eigenvalue weighted by Crippen LogP contribution is 2.20. The van der Waals surface area contributed by atoms with Gasteiger partial charge in [-0.1, -0.05) is 45.7 Å². The summed E-state index contributed by atoms with van der Waals surface area (Å²) in [7, 11) is 0. The highest BCUT2D eigenvalue weighted by atomic mass is 79.9. The van der Waals surface area contributed by atoms with Crippen LogP contribution in [-0.4, -0.2) is 4.98 Å². The van der Waals surface area contributed by atoms with Crippen molar-refractivity contribution in [3.05, 3.63) is 69.7 Å². The summed E-state index contributed by atoms with van der Waals surface area (Å²) in [6.45, 7) is 0.726. The van der Waals surface area contributed by atoms with Gasteiger partial charge in [0.25, 0.3) is 0 Å². The molecule has 0 aliphatic carbocycles. The molecule has 0 saturated carbocycles. The lowest BCUT2D eigenvalue weighted by atomic mass is 10.2. The Kier molecular flexibility index (Phi) is 3.90. The van der Waals surface area contributed by atoms with Gasteiger partial charge in [-0.3, -0.25) is 0 Å². The third-order valence-corrected chi connectivity index (χ3v) is 3.79. The second-order valence-electron chi connectivity index (χ2n) is 4.51. The number of benzene rings is 2. The van der Waals surface area contributed by atoms with Gasteiger partial charge in [-0.25, -0.2) is 4.98 Å². The first-order valence-corrected chi connectivity index (χ1v) is 7.42. The fourth-order valence-corrected chi connectivity index (χ4v) is 2.46. The van der Waals surface area contributed by atoms with Crippen molar-refractivity contribution in [2.75, 3.05) is 5.32 Å². The average Bonchev–Trinajstić information content (AvgIpc) is 2.46. The van der Waals surface area contributed by atoms with Gasteiger partial charge in [0.05, 0.1) is 5.52 Å². The Bertz CT molecular complexity index is 741. The van der Waals surface area contributed by atoms with E-state index in [-0.39, 0.29) is 0 Å². The van der Waals surface area contributed by atoms with Crippen molar-refractivity contribution in [1.29, 1.82) is 0 Å². The first-order chi connectivity index (χ1) is 9.70. The van der Waals surface area contributed by atoms with Crippen LogP contribution in [0.15, 0.2) is 59.1 Å². The fourth-order valence-electron chi connectivity index (χ4n) is 1.98. The van der Waals surface area contributed by atoms with Crippen LogP contribution in [0.1, 0.15) is 5.56 Å². The summed E-state index contributed by atoms with van der Waals surface area (Å²) in [5.41, 5.74) is 2.14. The number of aromatic nitrogens is 1. The van der Waals surface area contributed by atoms with Crippen LogP contribution in [0, 0.1) is 0 Å². The number of hydrogen-bond acceptors (Lipinski definition) is 2. The van der Waals surface area contributed by atoms with Gasteiger partial charge >= 0.3 is 0 Å². The summed E-state index contributed by atoms with van der Waals surface area (Å²) in [6, 6.07) is 17.9. The number of pyridine rings is 1. The molecule has 0 unspecified atom stereocenters. The van der Waals surface area contributed by atoms with Gasteiger partial charge < -0.3 is 5.32 Å². The number of halogens is 2. The minimum Gasteiger partial charge on any atom is -0.366 e. The van der Waals surface area contributed by atoms with Gasteiger partial charge in [0.1, 0.15) is 5.82 Å². The van der Waals surface area contributed by atoms with Crippen molar-refractivity contribution in [3.63, 3.8) is 0 Å². The van der Waals surface area contributed by atoms with Crippen molar-refractivity contribution in [1.82, 2.24) is 4.98 Å². The number of nitrogens with one attached hydrogen (secondary N) is 1.